The number of aryl methyl sites for hydroxylation is 1. The minimum Gasteiger partial charge on any atom is -0.383 e. The molecule has 0 atom stereocenters. The van der Waals surface area contributed by atoms with Gasteiger partial charge in [-0.25, -0.2) is 14.6 Å². The van der Waals surface area contributed by atoms with Gasteiger partial charge >= 0.3 is 0 Å². The van der Waals surface area contributed by atoms with Gasteiger partial charge in [-0.1, -0.05) is 25.1 Å². The monoisotopic (exact) mass is 343 g/mol. The summed E-state index contributed by atoms with van der Waals surface area (Å²) in [5.41, 5.74) is 8.65. The van der Waals surface area contributed by atoms with Crippen LogP contribution in [-0.4, -0.2) is 19.7 Å². The Labute approximate surface area is 131 Å². The zero-order chi connectivity index (χ0) is 14.8. The van der Waals surface area contributed by atoms with Crippen molar-refractivity contribution in [2.45, 2.75) is 13.3 Å². The fourth-order valence-corrected chi connectivity index (χ4v) is 2.49. The molecule has 0 aliphatic rings. The van der Waals surface area contributed by atoms with Gasteiger partial charge in [-0.05, 0) is 34.5 Å². The summed E-state index contributed by atoms with van der Waals surface area (Å²) in [5.74, 6) is 1.04. The number of hydrogen-bond donors (Lipinski definition) is 1. The second kappa shape index (κ2) is 5.65. The number of benzene rings is 1. The van der Waals surface area contributed by atoms with Crippen LogP contribution in [0.2, 0.25) is 0 Å². The van der Waals surface area contributed by atoms with E-state index in [-0.39, 0.29) is 0 Å². The molecule has 0 amide bonds. The van der Waals surface area contributed by atoms with Crippen LogP contribution < -0.4 is 5.73 Å². The van der Waals surface area contributed by atoms with Crippen molar-refractivity contribution in [2.75, 3.05) is 5.73 Å². The second-order valence-electron chi connectivity index (χ2n) is 4.56. The number of rotatable bonds is 3. The van der Waals surface area contributed by atoms with E-state index >= 15 is 0 Å². The molecule has 21 heavy (non-hydrogen) atoms. The fourth-order valence-electron chi connectivity index (χ4n) is 2.04. The quantitative estimate of drug-likeness (QED) is 0.792. The van der Waals surface area contributed by atoms with Crippen molar-refractivity contribution in [3.8, 4) is 17.1 Å². The Balaban J connectivity index is 2.03. The standard InChI is InChI=1S/C15H14BrN5/c1-2-12-13(16)14(17)20-15(19-12)10-8-18-21(9-10)11-6-4-3-5-7-11/h3-9H,2H2,1H3,(H2,17,19,20). The van der Waals surface area contributed by atoms with Gasteiger partial charge in [0.25, 0.3) is 0 Å². The van der Waals surface area contributed by atoms with Crippen LogP contribution in [0, 0.1) is 0 Å². The Morgan fingerprint density at radius 1 is 1.19 bits per heavy atom. The van der Waals surface area contributed by atoms with Crippen LogP contribution in [0.3, 0.4) is 0 Å². The van der Waals surface area contributed by atoms with Crippen LogP contribution in [0.4, 0.5) is 5.82 Å². The lowest BCUT2D eigenvalue weighted by Crippen LogP contribution is -2.01. The molecule has 0 aliphatic heterocycles. The van der Waals surface area contributed by atoms with Crippen LogP contribution in [-0.2, 0) is 6.42 Å². The third-order valence-electron chi connectivity index (χ3n) is 3.14. The highest BCUT2D eigenvalue weighted by atomic mass is 79.9. The highest BCUT2D eigenvalue weighted by molar-refractivity contribution is 9.10. The predicted molar refractivity (Wildman–Crippen MR) is 86.1 cm³/mol. The molecule has 0 unspecified atom stereocenters. The summed E-state index contributed by atoms with van der Waals surface area (Å²) < 4.78 is 2.56. The maximum atomic E-state index is 5.93. The minimum absolute atomic E-state index is 0.448. The summed E-state index contributed by atoms with van der Waals surface area (Å²) in [6.07, 6.45) is 4.43. The highest BCUT2D eigenvalue weighted by Crippen LogP contribution is 2.25. The molecule has 5 nitrogen and oxygen atoms in total. The summed E-state index contributed by atoms with van der Waals surface area (Å²) in [6.45, 7) is 2.03. The number of anilines is 1. The molecule has 0 bridgehead atoms. The maximum Gasteiger partial charge on any atom is 0.165 e. The van der Waals surface area contributed by atoms with Gasteiger partial charge in [0.05, 0.1) is 27.6 Å². The molecule has 0 saturated carbocycles. The van der Waals surface area contributed by atoms with E-state index in [9.17, 15) is 0 Å². The molecule has 0 aliphatic carbocycles. The normalized spacial score (nSPS) is 10.8. The average Bonchev–Trinajstić information content (AvgIpc) is 3.00. The van der Waals surface area contributed by atoms with Crippen LogP contribution in [0.15, 0.2) is 47.2 Å². The van der Waals surface area contributed by atoms with Crippen molar-refractivity contribution in [2.24, 2.45) is 0 Å². The summed E-state index contributed by atoms with van der Waals surface area (Å²) in [5, 5.41) is 4.35. The Morgan fingerprint density at radius 2 is 1.95 bits per heavy atom. The van der Waals surface area contributed by atoms with Crippen LogP contribution in [0.1, 0.15) is 12.6 Å². The van der Waals surface area contributed by atoms with Gasteiger partial charge in [0.15, 0.2) is 5.82 Å². The van der Waals surface area contributed by atoms with E-state index in [1.54, 1.807) is 10.9 Å². The molecule has 2 aromatic heterocycles. The number of nitrogen functional groups attached to an aromatic ring is 1. The van der Waals surface area contributed by atoms with Gasteiger partial charge < -0.3 is 5.73 Å². The van der Waals surface area contributed by atoms with E-state index in [0.717, 1.165) is 27.8 Å². The fraction of sp³-hybridized carbons (Fsp3) is 0.133. The van der Waals surface area contributed by atoms with E-state index < -0.39 is 0 Å². The van der Waals surface area contributed by atoms with Crippen molar-refractivity contribution in [3.05, 3.63) is 52.9 Å². The molecule has 3 aromatic rings. The van der Waals surface area contributed by atoms with E-state index in [1.165, 1.54) is 0 Å². The summed E-state index contributed by atoms with van der Waals surface area (Å²) >= 11 is 3.42. The third-order valence-corrected chi connectivity index (χ3v) is 4.01. The first-order chi connectivity index (χ1) is 10.2. The van der Waals surface area contributed by atoms with Crippen LogP contribution in [0.25, 0.3) is 17.1 Å². The van der Waals surface area contributed by atoms with Crippen molar-refractivity contribution in [3.63, 3.8) is 0 Å². The summed E-state index contributed by atoms with van der Waals surface area (Å²) in [6, 6.07) is 9.90. The van der Waals surface area contributed by atoms with Gasteiger partial charge in [0.1, 0.15) is 5.82 Å². The minimum atomic E-state index is 0.448. The van der Waals surface area contributed by atoms with E-state index in [2.05, 4.69) is 31.0 Å². The Hall–Kier alpha value is -2.21. The molecule has 0 saturated heterocycles. The first-order valence-electron chi connectivity index (χ1n) is 6.61. The molecule has 3 rings (SSSR count). The molecule has 106 valence electrons. The lowest BCUT2D eigenvalue weighted by molar-refractivity contribution is 0.880. The number of aromatic nitrogens is 4. The van der Waals surface area contributed by atoms with Crippen molar-refractivity contribution >= 4 is 21.7 Å². The van der Waals surface area contributed by atoms with Crippen LogP contribution >= 0.6 is 15.9 Å². The van der Waals surface area contributed by atoms with Crippen molar-refractivity contribution < 1.29 is 0 Å². The lowest BCUT2D eigenvalue weighted by atomic mass is 10.2. The SMILES string of the molecule is CCc1nc(-c2cnn(-c3ccccc3)c2)nc(N)c1Br. The molecule has 6 heteroatoms. The van der Waals surface area contributed by atoms with Gasteiger partial charge in [0, 0.05) is 6.20 Å². The number of nitrogens with two attached hydrogens (primary N) is 1. The molecular formula is C15H14BrN5. The zero-order valence-corrected chi connectivity index (χ0v) is 13.1. The second-order valence-corrected chi connectivity index (χ2v) is 5.35. The van der Waals surface area contributed by atoms with E-state index in [4.69, 9.17) is 5.73 Å². The Kier molecular flexibility index (Phi) is 3.70. The highest BCUT2D eigenvalue weighted by Gasteiger charge is 2.12. The van der Waals surface area contributed by atoms with Crippen molar-refractivity contribution in [1.29, 1.82) is 0 Å². The molecule has 2 N–H and O–H groups in total. The first-order valence-corrected chi connectivity index (χ1v) is 7.40. The maximum absolute atomic E-state index is 5.93. The lowest BCUT2D eigenvalue weighted by Gasteiger charge is -2.06. The Morgan fingerprint density at radius 3 is 2.67 bits per heavy atom. The van der Waals surface area contributed by atoms with Crippen molar-refractivity contribution in [1.82, 2.24) is 19.7 Å². The molecular weight excluding hydrogens is 330 g/mol. The molecule has 2 heterocycles. The van der Waals surface area contributed by atoms with E-state index in [0.29, 0.717) is 11.6 Å². The van der Waals surface area contributed by atoms with Gasteiger partial charge in [0.2, 0.25) is 0 Å². The topological polar surface area (TPSA) is 69.6 Å². The zero-order valence-electron chi connectivity index (χ0n) is 11.5. The summed E-state index contributed by atoms with van der Waals surface area (Å²) in [7, 11) is 0. The van der Waals surface area contributed by atoms with Gasteiger partial charge in [-0.15, -0.1) is 0 Å². The van der Waals surface area contributed by atoms with Gasteiger partial charge in [-0.2, -0.15) is 5.10 Å². The van der Waals surface area contributed by atoms with Crippen LogP contribution in [0.5, 0.6) is 0 Å². The summed E-state index contributed by atoms with van der Waals surface area (Å²) in [4.78, 5) is 8.86. The Bertz CT molecular complexity index is 767. The number of para-hydroxylation sites is 1. The third kappa shape index (κ3) is 2.67. The van der Waals surface area contributed by atoms with Gasteiger partial charge in [-0.3, -0.25) is 0 Å². The molecule has 0 spiro atoms. The number of hydrogen-bond acceptors (Lipinski definition) is 4. The predicted octanol–water partition coefficient (Wildman–Crippen LogP) is 3.24. The molecule has 0 fully saturated rings. The molecule has 0 radical (unpaired) electrons. The molecule has 1 aromatic carbocycles. The largest absolute Gasteiger partial charge is 0.383 e. The van der Waals surface area contributed by atoms with E-state index in [1.807, 2.05) is 43.5 Å². The first kappa shape index (κ1) is 13.8. The number of halogens is 1. The average molecular weight is 344 g/mol. The number of nitrogens with zero attached hydrogens (tertiary/aromatic N) is 4. The smallest absolute Gasteiger partial charge is 0.165 e.